The number of amides is 2. The van der Waals surface area contributed by atoms with E-state index in [2.05, 4.69) is 10.1 Å². The average molecular weight is 366 g/mol. The Kier molecular flexibility index (Phi) is 5.45. The van der Waals surface area contributed by atoms with E-state index in [9.17, 15) is 34.6 Å². The molecule has 2 amide bonds. The standard InChI is InChI=1S/C14H14N4O8/c1-26-12(19)7-11-13(20)15-4-5-16(11)14(21)9-3-2-8(17(22)23)6-10(9)18(24)25/h2-3,6,11H,4-5,7H2,1H3,(H,15,20). The van der Waals surface area contributed by atoms with Gasteiger partial charge in [-0.2, -0.15) is 0 Å². The maximum atomic E-state index is 12.8. The van der Waals surface area contributed by atoms with Gasteiger partial charge < -0.3 is 15.0 Å². The third-order valence-corrected chi connectivity index (χ3v) is 3.80. The van der Waals surface area contributed by atoms with Gasteiger partial charge in [0, 0.05) is 19.2 Å². The molecule has 1 aromatic rings. The lowest BCUT2D eigenvalue weighted by Gasteiger charge is -2.34. The van der Waals surface area contributed by atoms with Gasteiger partial charge in [-0.15, -0.1) is 0 Å². The van der Waals surface area contributed by atoms with E-state index in [4.69, 9.17) is 0 Å². The van der Waals surface area contributed by atoms with Gasteiger partial charge in [0.2, 0.25) is 5.91 Å². The van der Waals surface area contributed by atoms with Crippen molar-refractivity contribution in [1.82, 2.24) is 10.2 Å². The van der Waals surface area contributed by atoms with Crippen LogP contribution in [0, 0.1) is 20.2 Å². The van der Waals surface area contributed by atoms with E-state index >= 15 is 0 Å². The summed E-state index contributed by atoms with van der Waals surface area (Å²) in [5.74, 6) is -2.21. The van der Waals surface area contributed by atoms with Gasteiger partial charge in [0.05, 0.1) is 29.4 Å². The number of nitrogens with zero attached hydrogens (tertiary/aromatic N) is 3. The molecule has 1 unspecified atom stereocenters. The largest absolute Gasteiger partial charge is 0.469 e. The lowest BCUT2D eigenvalue weighted by Crippen LogP contribution is -2.57. The summed E-state index contributed by atoms with van der Waals surface area (Å²) in [5.41, 5.74) is -1.71. The Labute approximate surface area is 146 Å². The molecule has 1 heterocycles. The lowest BCUT2D eigenvalue weighted by molar-refractivity contribution is -0.394. The highest BCUT2D eigenvalue weighted by atomic mass is 16.6. The van der Waals surface area contributed by atoms with E-state index in [1.54, 1.807) is 0 Å². The van der Waals surface area contributed by atoms with Crippen molar-refractivity contribution >= 4 is 29.2 Å². The second kappa shape index (κ2) is 7.55. The van der Waals surface area contributed by atoms with Crippen LogP contribution < -0.4 is 5.32 Å². The minimum absolute atomic E-state index is 0.0143. The van der Waals surface area contributed by atoms with Gasteiger partial charge in [-0.1, -0.05) is 0 Å². The summed E-state index contributed by atoms with van der Waals surface area (Å²) in [6.07, 6.45) is -0.422. The highest BCUT2D eigenvalue weighted by Gasteiger charge is 2.38. The lowest BCUT2D eigenvalue weighted by atomic mass is 10.0. The first-order valence-corrected chi connectivity index (χ1v) is 7.34. The van der Waals surface area contributed by atoms with Crippen LogP contribution in [0.1, 0.15) is 16.8 Å². The van der Waals surface area contributed by atoms with Gasteiger partial charge in [-0.05, 0) is 6.07 Å². The first-order valence-electron chi connectivity index (χ1n) is 7.34. The van der Waals surface area contributed by atoms with Crippen molar-refractivity contribution < 1.29 is 29.0 Å². The zero-order valence-electron chi connectivity index (χ0n) is 13.5. The molecular weight excluding hydrogens is 352 g/mol. The van der Waals surface area contributed by atoms with E-state index in [0.717, 1.165) is 24.1 Å². The molecule has 2 rings (SSSR count). The number of rotatable bonds is 5. The van der Waals surface area contributed by atoms with Gasteiger partial charge in [0.15, 0.2) is 0 Å². The molecule has 0 bridgehead atoms. The summed E-state index contributed by atoms with van der Waals surface area (Å²) in [6.45, 7) is 0.114. The molecule has 1 aromatic carbocycles. The van der Waals surface area contributed by atoms with Crippen molar-refractivity contribution in [3.8, 4) is 0 Å². The Morgan fingerprint density at radius 1 is 1.31 bits per heavy atom. The molecule has 1 atom stereocenters. The number of nitrogens with one attached hydrogen (secondary N) is 1. The van der Waals surface area contributed by atoms with Gasteiger partial charge in [-0.25, -0.2) is 0 Å². The number of nitro benzene ring substituents is 2. The van der Waals surface area contributed by atoms with Crippen LogP contribution in [0.25, 0.3) is 0 Å². The van der Waals surface area contributed by atoms with Crippen LogP contribution >= 0.6 is 0 Å². The quantitative estimate of drug-likeness (QED) is 0.433. The summed E-state index contributed by atoms with van der Waals surface area (Å²) in [6, 6.07) is 1.39. The molecule has 0 spiro atoms. The zero-order chi connectivity index (χ0) is 19.4. The second-order valence-corrected chi connectivity index (χ2v) is 5.30. The van der Waals surface area contributed by atoms with E-state index < -0.39 is 57.0 Å². The number of piperazine rings is 1. The monoisotopic (exact) mass is 366 g/mol. The van der Waals surface area contributed by atoms with E-state index in [0.29, 0.717) is 6.07 Å². The molecule has 1 N–H and O–H groups in total. The topological polar surface area (TPSA) is 162 Å². The third-order valence-electron chi connectivity index (χ3n) is 3.80. The van der Waals surface area contributed by atoms with E-state index in [1.165, 1.54) is 0 Å². The molecule has 1 fully saturated rings. The summed E-state index contributed by atoms with van der Waals surface area (Å²) in [4.78, 5) is 57.6. The SMILES string of the molecule is COC(=O)CC1C(=O)NCCN1C(=O)c1ccc([N+](=O)[O-])cc1[N+](=O)[O-]. The zero-order valence-corrected chi connectivity index (χ0v) is 13.5. The first-order chi connectivity index (χ1) is 12.3. The molecule has 0 aliphatic carbocycles. The number of ether oxygens (including phenoxy) is 1. The molecule has 1 saturated heterocycles. The van der Waals surface area contributed by atoms with Crippen LogP contribution in [0.15, 0.2) is 18.2 Å². The highest BCUT2D eigenvalue weighted by Crippen LogP contribution is 2.27. The van der Waals surface area contributed by atoms with E-state index in [-0.39, 0.29) is 13.1 Å². The molecule has 0 aromatic heterocycles. The maximum Gasteiger partial charge on any atom is 0.308 e. The fraction of sp³-hybridized carbons (Fsp3) is 0.357. The second-order valence-electron chi connectivity index (χ2n) is 5.30. The molecule has 12 heteroatoms. The van der Waals surface area contributed by atoms with Gasteiger partial charge in [-0.3, -0.25) is 34.6 Å². The Morgan fingerprint density at radius 2 is 2.00 bits per heavy atom. The summed E-state index contributed by atoms with van der Waals surface area (Å²) < 4.78 is 4.50. The third kappa shape index (κ3) is 3.74. The number of hydrogen-bond acceptors (Lipinski definition) is 8. The Hall–Kier alpha value is -3.57. The van der Waals surface area contributed by atoms with Crippen LogP contribution in [0.3, 0.4) is 0 Å². The van der Waals surface area contributed by atoms with Gasteiger partial charge in [0.25, 0.3) is 17.3 Å². The highest BCUT2D eigenvalue weighted by molar-refractivity contribution is 6.02. The van der Waals surface area contributed by atoms with Crippen molar-refractivity contribution in [2.45, 2.75) is 12.5 Å². The molecule has 0 saturated carbocycles. The minimum atomic E-state index is -1.20. The fourth-order valence-electron chi connectivity index (χ4n) is 2.52. The predicted molar refractivity (Wildman–Crippen MR) is 84.2 cm³/mol. The van der Waals surface area contributed by atoms with Crippen molar-refractivity contribution in [2.24, 2.45) is 0 Å². The first kappa shape index (κ1) is 18.8. The van der Waals surface area contributed by atoms with Crippen LogP contribution in [0.2, 0.25) is 0 Å². The average Bonchev–Trinajstić information content (AvgIpc) is 2.61. The number of non-ortho nitro benzene ring substituents is 1. The number of esters is 1. The molecule has 138 valence electrons. The number of nitro groups is 2. The predicted octanol–water partition coefficient (Wildman–Crippen LogP) is 0.00670. The van der Waals surface area contributed by atoms with E-state index in [1.807, 2.05) is 0 Å². The fourth-order valence-corrected chi connectivity index (χ4v) is 2.52. The van der Waals surface area contributed by atoms with Crippen LogP contribution in [-0.4, -0.2) is 58.8 Å². The maximum absolute atomic E-state index is 12.8. The molecule has 12 nitrogen and oxygen atoms in total. The minimum Gasteiger partial charge on any atom is -0.469 e. The van der Waals surface area contributed by atoms with Crippen LogP contribution in [0.5, 0.6) is 0 Å². The van der Waals surface area contributed by atoms with Gasteiger partial charge in [0.1, 0.15) is 11.6 Å². The normalized spacial score (nSPS) is 16.6. The smallest absolute Gasteiger partial charge is 0.308 e. The van der Waals surface area contributed by atoms with Crippen LogP contribution in [-0.2, 0) is 14.3 Å². The van der Waals surface area contributed by atoms with Crippen molar-refractivity contribution in [1.29, 1.82) is 0 Å². The molecule has 1 aliphatic heterocycles. The van der Waals surface area contributed by atoms with Crippen molar-refractivity contribution in [3.63, 3.8) is 0 Å². The molecule has 1 aliphatic rings. The summed E-state index contributed by atoms with van der Waals surface area (Å²) in [7, 11) is 1.12. The summed E-state index contributed by atoms with van der Waals surface area (Å²) in [5, 5.41) is 24.5. The van der Waals surface area contributed by atoms with Crippen molar-refractivity contribution in [2.75, 3.05) is 20.2 Å². The Bertz CT molecular complexity index is 793. The number of hydrogen-bond donors (Lipinski definition) is 1. The van der Waals surface area contributed by atoms with Gasteiger partial charge >= 0.3 is 5.97 Å². The Balaban J connectivity index is 2.42. The summed E-state index contributed by atoms with van der Waals surface area (Å²) >= 11 is 0. The molecule has 0 radical (unpaired) electrons. The number of methoxy groups -OCH3 is 1. The van der Waals surface area contributed by atoms with Crippen LogP contribution in [0.4, 0.5) is 11.4 Å². The van der Waals surface area contributed by atoms with Crippen molar-refractivity contribution in [3.05, 3.63) is 44.0 Å². The number of carbonyl (C=O) groups excluding carboxylic acids is 3. The number of carbonyl (C=O) groups is 3. The Morgan fingerprint density at radius 3 is 2.58 bits per heavy atom. The molecule has 26 heavy (non-hydrogen) atoms. The molecular formula is C14H14N4O8. The number of benzene rings is 1.